The van der Waals surface area contributed by atoms with Gasteiger partial charge in [0.05, 0.1) is 0 Å². The molecule has 0 aliphatic heterocycles. The molecule has 0 aromatic heterocycles. The average Bonchev–Trinajstić information content (AvgIpc) is 2.99. The smallest absolute Gasteiger partial charge is 0.128 e. The predicted octanol–water partition coefficient (Wildman–Crippen LogP) is 4.50. The molecule has 2 bridgehead atoms. The van der Waals surface area contributed by atoms with Gasteiger partial charge in [0.25, 0.3) is 0 Å². The molecule has 3 heteroatoms. The van der Waals surface area contributed by atoms with Gasteiger partial charge in [-0.3, -0.25) is 0 Å². The van der Waals surface area contributed by atoms with Crippen LogP contribution in [-0.4, -0.2) is 6.04 Å². The summed E-state index contributed by atoms with van der Waals surface area (Å²) in [6.07, 6.45) is 5.66. The molecule has 2 saturated carbocycles. The van der Waals surface area contributed by atoms with Crippen LogP contribution >= 0.6 is 15.9 Å². The summed E-state index contributed by atoms with van der Waals surface area (Å²) in [7, 11) is 0. The maximum Gasteiger partial charge on any atom is 0.128 e. The van der Waals surface area contributed by atoms with Crippen molar-refractivity contribution < 1.29 is 4.39 Å². The van der Waals surface area contributed by atoms with Gasteiger partial charge in [0.15, 0.2) is 0 Å². The highest BCUT2D eigenvalue weighted by Crippen LogP contribution is 2.49. The van der Waals surface area contributed by atoms with Crippen LogP contribution in [0.1, 0.15) is 38.2 Å². The lowest BCUT2D eigenvalue weighted by Gasteiger charge is -2.28. The van der Waals surface area contributed by atoms with Gasteiger partial charge in [-0.1, -0.05) is 28.4 Å². The highest BCUT2D eigenvalue weighted by molar-refractivity contribution is 9.10. The molecule has 0 amide bonds. The first-order chi connectivity index (χ1) is 9.13. The second kappa shape index (κ2) is 5.53. The van der Waals surface area contributed by atoms with E-state index in [4.69, 9.17) is 0 Å². The molecule has 1 aromatic carbocycles. The summed E-state index contributed by atoms with van der Waals surface area (Å²) in [4.78, 5) is 0. The Morgan fingerprint density at radius 1 is 1.37 bits per heavy atom. The number of halogens is 2. The maximum absolute atomic E-state index is 13.8. The van der Waals surface area contributed by atoms with Gasteiger partial charge in [0.1, 0.15) is 5.82 Å². The lowest BCUT2D eigenvalue weighted by atomic mass is 9.84. The second-order valence-corrected chi connectivity index (χ2v) is 7.16. The molecule has 0 heterocycles. The molecule has 1 nitrogen and oxygen atoms in total. The summed E-state index contributed by atoms with van der Waals surface area (Å²) in [5.41, 5.74) is 0.762. The lowest BCUT2D eigenvalue weighted by molar-refractivity contribution is 0.259. The lowest BCUT2D eigenvalue weighted by Crippen LogP contribution is -2.36. The van der Waals surface area contributed by atoms with Gasteiger partial charge in [-0.25, -0.2) is 4.39 Å². The van der Waals surface area contributed by atoms with E-state index in [9.17, 15) is 4.39 Å². The van der Waals surface area contributed by atoms with Crippen LogP contribution in [0.15, 0.2) is 22.7 Å². The van der Waals surface area contributed by atoms with Crippen LogP contribution in [0.25, 0.3) is 0 Å². The molecule has 3 rings (SSSR count). The van der Waals surface area contributed by atoms with Crippen LogP contribution in [0.4, 0.5) is 4.39 Å². The summed E-state index contributed by atoms with van der Waals surface area (Å²) in [5.74, 6) is 2.57. The molecular weight excluding hydrogens is 305 g/mol. The third-order valence-electron chi connectivity index (χ3n) is 5.06. The van der Waals surface area contributed by atoms with Crippen molar-refractivity contribution in [3.05, 3.63) is 34.1 Å². The zero-order valence-electron chi connectivity index (χ0n) is 11.3. The Labute approximate surface area is 123 Å². The van der Waals surface area contributed by atoms with Crippen LogP contribution < -0.4 is 5.32 Å². The molecule has 4 unspecified atom stereocenters. The molecule has 104 valence electrons. The van der Waals surface area contributed by atoms with Crippen LogP contribution in [0, 0.1) is 23.6 Å². The monoisotopic (exact) mass is 325 g/mol. The van der Waals surface area contributed by atoms with Crippen molar-refractivity contribution in [1.29, 1.82) is 0 Å². The SMILES string of the molecule is CC(NCc1ccc(Br)cc1F)C1CC2CCC1C2. The summed E-state index contributed by atoms with van der Waals surface area (Å²) in [5, 5.41) is 3.53. The first-order valence-corrected chi connectivity index (χ1v) is 8.10. The van der Waals surface area contributed by atoms with Crippen molar-refractivity contribution in [2.75, 3.05) is 0 Å². The van der Waals surface area contributed by atoms with E-state index in [1.54, 1.807) is 6.07 Å². The van der Waals surface area contributed by atoms with E-state index in [1.165, 1.54) is 25.7 Å². The molecule has 2 aliphatic carbocycles. The minimum absolute atomic E-state index is 0.123. The fourth-order valence-electron chi connectivity index (χ4n) is 3.99. The highest BCUT2D eigenvalue weighted by atomic mass is 79.9. The Morgan fingerprint density at radius 3 is 2.84 bits per heavy atom. The Kier molecular flexibility index (Phi) is 3.95. The first-order valence-electron chi connectivity index (χ1n) is 7.31. The molecule has 0 spiro atoms. The van der Waals surface area contributed by atoms with Crippen LogP contribution in [-0.2, 0) is 6.54 Å². The standard InChI is InChI=1S/C16H21BrFN/c1-10(15-7-11-2-3-12(15)6-11)19-9-13-4-5-14(17)8-16(13)18/h4-5,8,10-12,15,19H,2-3,6-7,9H2,1H3. The van der Waals surface area contributed by atoms with E-state index in [0.29, 0.717) is 12.6 Å². The van der Waals surface area contributed by atoms with Gasteiger partial charge in [0.2, 0.25) is 0 Å². The first kappa shape index (κ1) is 13.6. The van der Waals surface area contributed by atoms with E-state index in [-0.39, 0.29) is 5.82 Å². The van der Waals surface area contributed by atoms with E-state index in [2.05, 4.69) is 28.2 Å². The molecular formula is C16H21BrFN. The molecule has 2 aliphatic rings. The van der Waals surface area contributed by atoms with E-state index >= 15 is 0 Å². The van der Waals surface area contributed by atoms with Crippen LogP contribution in [0.5, 0.6) is 0 Å². The van der Waals surface area contributed by atoms with Gasteiger partial charge in [-0.15, -0.1) is 0 Å². The highest BCUT2D eigenvalue weighted by Gasteiger charge is 2.41. The van der Waals surface area contributed by atoms with E-state index in [0.717, 1.165) is 27.8 Å². The van der Waals surface area contributed by atoms with Crippen LogP contribution in [0.3, 0.4) is 0 Å². The molecule has 0 saturated heterocycles. The average molecular weight is 326 g/mol. The molecule has 19 heavy (non-hydrogen) atoms. The Hall–Kier alpha value is -0.410. The van der Waals surface area contributed by atoms with Crippen molar-refractivity contribution in [3.8, 4) is 0 Å². The molecule has 4 atom stereocenters. The van der Waals surface area contributed by atoms with Gasteiger partial charge in [-0.2, -0.15) is 0 Å². The number of fused-ring (bicyclic) bond motifs is 2. The third kappa shape index (κ3) is 2.87. The summed E-state index contributed by atoms with van der Waals surface area (Å²) in [6, 6.07) is 5.81. The minimum atomic E-state index is -0.123. The fourth-order valence-corrected chi connectivity index (χ4v) is 4.33. The Bertz CT molecular complexity index is 462. The van der Waals surface area contributed by atoms with Crippen molar-refractivity contribution in [3.63, 3.8) is 0 Å². The summed E-state index contributed by atoms with van der Waals surface area (Å²) >= 11 is 3.29. The topological polar surface area (TPSA) is 12.0 Å². The van der Waals surface area contributed by atoms with Crippen molar-refractivity contribution in [1.82, 2.24) is 5.32 Å². The van der Waals surface area contributed by atoms with Crippen molar-refractivity contribution in [2.45, 2.75) is 45.2 Å². The van der Waals surface area contributed by atoms with E-state index in [1.807, 2.05) is 12.1 Å². The summed E-state index contributed by atoms with van der Waals surface area (Å²) < 4.78 is 14.6. The summed E-state index contributed by atoms with van der Waals surface area (Å²) in [6.45, 7) is 2.90. The number of benzene rings is 1. The second-order valence-electron chi connectivity index (χ2n) is 6.24. The third-order valence-corrected chi connectivity index (χ3v) is 5.56. The Balaban J connectivity index is 1.57. The van der Waals surface area contributed by atoms with Crippen LogP contribution in [0.2, 0.25) is 0 Å². The van der Waals surface area contributed by atoms with Crippen molar-refractivity contribution in [2.24, 2.45) is 17.8 Å². The number of hydrogen-bond donors (Lipinski definition) is 1. The normalized spacial score (nSPS) is 30.8. The minimum Gasteiger partial charge on any atom is -0.310 e. The van der Waals surface area contributed by atoms with Gasteiger partial charge >= 0.3 is 0 Å². The van der Waals surface area contributed by atoms with Gasteiger partial charge in [-0.05, 0) is 56.1 Å². The number of hydrogen-bond acceptors (Lipinski definition) is 1. The predicted molar refractivity (Wildman–Crippen MR) is 79.3 cm³/mol. The zero-order chi connectivity index (χ0) is 13.4. The fraction of sp³-hybridized carbons (Fsp3) is 0.625. The van der Waals surface area contributed by atoms with E-state index < -0.39 is 0 Å². The van der Waals surface area contributed by atoms with Gasteiger partial charge in [0, 0.05) is 22.6 Å². The maximum atomic E-state index is 13.8. The largest absolute Gasteiger partial charge is 0.310 e. The van der Waals surface area contributed by atoms with Gasteiger partial charge < -0.3 is 5.32 Å². The molecule has 0 radical (unpaired) electrons. The molecule has 2 fully saturated rings. The molecule has 1 aromatic rings. The molecule has 1 N–H and O–H groups in total. The number of rotatable bonds is 4. The van der Waals surface area contributed by atoms with Crippen molar-refractivity contribution >= 4 is 15.9 Å². The Morgan fingerprint density at radius 2 is 2.21 bits per heavy atom. The number of nitrogens with one attached hydrogen (secondary N) is 1. The zero-order valence-corrected chi connectivity index (χ0v) is 12.9. The quantitative estimate of drug-likeness (QED) is 0.859.